The molecule has 4 nitrogen and oxygen atoms in total. The zero-order chi connectivity index (χ0) is 13.1. The van der Waals surface area contributed by atoms with Gasteiger partial charge < -0.3 is 9.47 Å². The first-order chi connectivity index (χ1) is 7.91. The molecule has 0 aliphatic rings. The molecule has 0 unspecified atom stereocenters. The first-order valence-corrected chi connectivity index (χ1v) is 7.11. The molecule has 1 aromatic rings. The van der Waals surface area contributed by atoms with Gasteiger partial charge in [-0.3, -0.25) is 0 Å². The van der Waals surface area contributed by atoms with Gasteiger partial charge in [0.2, 0.25) is 9.05 Å². The van der Waals surface area contributed by atoms with E-state index in [1.807, 2.05) is 0 Å². The molecule has 0 amide bonds. The lowest BCUT2D eigenvalue weighted by Gasteiger charge is -2.13. The number of hydrogen-bond donors (Lipinski definition) is 0. The number of hydrogen-bond acceptors (Lipinski definition) is 4. The fourth-order valence-corrected chi connectivity index (χ4v) is 2.42. The molecule has 0 aliphatic carbocycles. The smallest absolute Gasteiger partial charge is 0.236 e. The van der Waals surface area contributed by atoms with Gasteiger partial charge in [0.05, 0.1) is 20.0 Å². The van der Waals surface area contributed by atoms with Gasteiger partial charge in [0.1, 0.15) is 6.67 Å². The van der Waals surface area contributed by atoms with Gasteiger partial charge in [0.15, 0.2) is 11.5 Å². The lowest BCUT2D eigenvalue weighted by molar-refractivity contribution is 0.351. The zero-order valence-electron chi connectivity index (χ0n) is 9.37. The van der Waals surface area contributed by atoms with Gasteiger partial charge in [0.25, 0.3) is 0 Å². The van der Waals surface area contributed by atoms with Crippen LogP contribution in [0.25, 0.3) is 0 Å². The molecule has 0 heterocycles. The molecule has 0 atom stereocenters. The van der Waals surface area contributed by atoms with Crippen LogP contribution in [0.15, 0.2) is 12.1 Å². The third-order valence-corrected chi connectivity index (χ3v) is 3.08. The maximum Gasteiger partial charge on any atom is 0.236 e. The molecule has 96 valence electrons. The molecule has 0 fully saturated rings. The van der Waals surface area contributed by atoms with Crippen LogP contribution < -0.4 is 9.47 Å². The van der Waals surface area contributed by atoms with Crippen molar-refractivity contribution in [3.63, 3.8) is 0 Å². The Labute approximate surface area is 104 Å². The second-order valence-electron chi connectivity index (χ2n) is 3.31. The Hall–Kier alpha value is -1.01. The lowest BCUT2D eigenvalue weighted by Crippen LogP contribution is -2.02. The Bertz CT molecular complexity index is 501. The van der Waals surface area contributed by atoms with Gasteiger partial charge >= 0.3 is 0 Å². The van der Waals surface area contributed by atoms with E-state index in [0.29, 0.717) is 5.56 Å². The van der Waals surface area contributed by atoms with Crippen molar-refractivity contribution >= 4 is 19.7 Å². The van der Waals surface area contributed by atoms with Crippen molar-refractivity contribution in [2.75, 3.05) is 14.2 Å². The van der Waals surface area contributed by atoms with Crippen LogP contribution in [0.4, 0.5) is 4.39 Å². The van der Waals surface area contributed by atoms with Crippen molar-refractivity contribution in [1.82, 2.24) is 0 Å². The molecule has 0 aromatic heterocycles. The lowest BCUT2D eigenvalue weighted by atomic mass is 10.1. The van der Waals surface area contributed by atoms with Crippen molar-refractivity contribution in [2.45, 2.75) is 12.4 Å². The molecular formula is C10H12ClFO4S. The van der Waals surface area contributed by atoms with Crippen molar-refractivity contribution in [1.29, 1.82) is 0 Å². The summed E-state index contributed by atoms with van der Waals surface area (Å²) in [7, 11) is 4.18. The summed E-state index contributed by atoms with van der Waals surface area (Å²) in [6, 6.07) is 2.84. The molecule has 1 aromatic carbocycles. The predicted octanol–water partition coefficient (Wildman–Crippen LogP) is 2.24. The maximum absolute atomic E-state index is 12.6. The number of halogens is 2. The molecule has 0 aliphatic heterocycles. The predicted molar refractivity (Wildman–Crippen MR) is 62.8 cm³/mol. The van der Waals surface area contributed by atoms with Crippen LogP contribution in [0.3, 0.4) is 0 Å². The summed E-state index contributed by atoms with van der Waals surface area (Å²) in [5, 5.41) is 0. The van der Waals surface area contributed by atoms with Crippen LogP contribution >= 0.6 is 10.7 Å². The van der Waals surface area contributed by atoms with Gasteiger partial charge in [-0.2, -0.15) is 0 Å². The minimum absolute atomic E-state index is 0.244. The summed E-state index contributed by atoms with van der Waals surface area (Å²) in [6.45, 7) is -0.727. The van der Waals surface area contributed by atoms with E-state index in [-0.39, 0.29) is 17.1 Å². The molecule has 0 saturated carbocycles. The summed E-state index contributed by atoms with van der Waals surface area (Å²) in [6.07, 6.45) is 0. The van der Waals surface area contributed by atoms with E-state index < -0.39 is 21.5 Å². The Morgan fingerprint density at radius 2 is 1.94 bits per heavy atom. The summed E-state index contributed by atoms with van der Waals surface area (Å²) in [5.41, 5.74) is 0.576. The monoisotopic (exact) mass is 282 g/mol. The topological polar surface area (TPSA) is 52.6 Å². The number of benzene rings is 1. The largest absolute Gasteiger partial charge is 0.493 e. The molecule has 0 radical (unpaired) electrons. The quantitative estimate of drug-likeness (QED) is 0.777. The van der Waals surface area contributed by atoms with E-state index in [1.165, 1.54) is 26.4 Å². The SMILES string of the molecule is COc1cc(CF)cc(CS(=O)(=O)Cl)c1OC. The number of alkyl halides is 1. The molecule has 0 saturated heterocycles. The van der Waals surface area contributed by atoms with E-state index in [0.717, 1.165) is 0 Å². The third-order valence-electron chi connectivity index (χ3n) is 2.10. The van der Waals surface area contributed by atoms with Crippen molar-refractivity contribution in [3.05, 3.63) is 23.3 Å². The Morgan fingerprint density at radius 1 is 1.29 bits per heavy atom. The van der Waals surface area contributed by atoms with Crippen LogP contribution in [-0.2, 0) is 21.5 Å². The second-order valence-corrected chi connectivity index (χ2v) is 6.08. The van der Waals surface area contributed by atoms with Gasteiger partial charge in [-0.15, -0.1) is 0 Å². The number of rotatable bonds is 5. The molecule has 0 spiro atoms. The minimum Gasteiger partial charge on any atom is -0.493 e. The van der Waals surface area contributed by atoms with Crippen LogP contribution in [-0.4, -0.2) is 22.6 Å². The highest BCUT2D eigenvalue weighted by atomic mass is 35.7. The minimum atomic E-state index is -3.75. The van der Waals surface area contributed by atoms with E-state index in [9.17, 15) is 12.8 Å². The number of methoxy groups -OCH3 is 2. The van der Waals surface area contributed by atoms with Crippen LogP contribution in [0.1, 0.15) is 11.1 Å². The van der Waals surface area contributed by atoms with Gasteiger partial charge in [-0.25, -0.2) is 12.8 Å². The Kier molecular flexibility index (Phi) is 4.59. The normalized spacial score (nSPS) is 11.3. The van der Waals surface area contributed by atoms with E-state index in [4.69, 9.17) is 20.2 Å². The molecule has 0 bridgehead atoms. The van der Waals surface area contributed by atoms with Gasteiger partial charge in [-0.1, -0.05) is 0 Å². The fourth-order valence-electron chi connectivity index (χ4n) is 1.48. The standard InChI is InChI=1S/C10H12ClFO4S/c1-15-9-4-7(5-12)3-8(10(9)16-2)6-17(11,13)14/h3-4H,5-6H2,1-2H3. The average molecular weight is 283 g/mol. The van der Waals surface area contributed by atoms with E-state index in [1.54, 1.807) is 0 Å². The van der Waals surface area contributed by atoms with Crippen molar-refractivity contribution in [2.24, 2.45) is 0 Å². The van der Waals surface area contributed by atoms with Crippen LogP contribution in [0.5, 0.6) is 11.5 Å². The molecule has 7 heteroatoms. The highest BCUT2D eigenvalue weighted by Crippen LogP contribution is 2.34. The Balaban J connectivity index is 3.34. The maximum atomic E-state index is 12.6. The third kappa shape index (κ3) is 3.74. The van der Waals surface area contributed by atoms with Crippen molar-refractivity contribution < 1.29 is 22.3 Å². The summed E-state index contributed by atoms with van der Waals surface area (Å²) >= 11 is 0. The zero-order valence-corrected chi connectivity index (χ0v) is 10.9. The van der Waals surface area contributed by atoms with Gasteiger partial charge in [0, 0.05) is 16.2 Å². The van der Waals surface area contributed by atoms with Gasteiger partial charge in [-0.05, 0) is 17.7 Å². The molecule has 1 rings (SSSR count). The fraction of sp³-hybridized carbons (Fsp3) is 0.400. The Morgan fingerprint density at radius 3 is 2.35 bits per heavy atom. The summed E-state index contributed by atoms with van der Waals surface area (Å²) in [5.74, 6) is 0.0777. The first-order valence-electron chi connectivity index (χ1n) is 4.63. The van der Waals surface area contributed by atoms with E-state index >= 15 is 0 Å². The highest BCUT2D eigenvalue weighted by Gasteiger charge is 2.17. The average Bonchev–Trinajstić information content (AvgIpc) is 2.25. The van der Waals surface area contributed by atoms with E-state index in [2.05, 4.69) is 0 Å². The first kappa shape index (κ1) is 14.1. The van der Waals surface area contributed by atoms with Crippen LogP contribution in [0, 0.1) is 0 Å². The highest BCUT2D eigenvalue weighted by molar-refractivity contribution is 8.13. The molecular weight excluding hydrogens is 271 g/mol. The molecule has 17 heavy (non-hydrogen) atoms. The van der Waals surface area contributed by atoms with Crippen LogP contribution in [0.2, 0.25) is 0 Å². The number of ether oxygens (including phenoxy) is 2. The second kappa shape index (κ2) is 5.55. The summed E-state index contributed by atoms with van der Waals surface area (Å²) < 4.78 is 44.7. The van der Waals surface area contributed by atoms with Crippen molar-refractivity contribution in [3.8, 4) is 11.5 Å². The molecule has 0 N–H and O–H groups in total. The summed E-state index contributed by atoms with van der Waals surface area (Å²) in [4.78, 5) is 0.